The third-order valence-electron chi connectivity index (χ3n) is 3.59. The van der Waals surface area contributed by atoms with Crippen LogP contribution in [0.2, 0.25) is 18.1 Å². The highest BCUT2D eigenvalue weighted by molar-refractivity contribution is 6.48. The first-order valence-electron chi connectivity index (χ1n) is 7.59. The number of hydrogen-bond donors (Lipinski definition) is 1. The molecule has 2 unspecified atom stereocenters. The molecule has 22 heavy (non-hydrogen) atoms. The van der Waals surface area contributed by atoms with Gasteiger partial charge in [-0.2, -0.15) is 0 Å². The number of carbonyl (C=O) groups excluding carboxylic acids is 1. The minimum absolute atomic E-state index is 0.0104. The van der Waals surface area contributed by atoms with Gasteiger partial charge in [0.1, 0.15) is 5.75 Å². The molecule has 2 rings (SSSR count). The monoisotopic (exact) mass is 341 g/mol. The summed E-state index contributed by atoms with van der Waals surface area (Å²) in [4.78, 5) is 12.3. The Bertz CT molecular complexity index is 557. The van der Waals surface area contributed by atoms with E-state index >= 15 is 0 Å². The van der Waals surface area contributed by atoms with Crippen molar-refractivity contribution in [2.75, 3.05) is 5.32 Å². The molecule has 6 heteroatoms. The number of anilines is 1. The van der Waals surface area contributed by atoms with Crippen molar-refractivity contribution >= 4 is 32.2 Å². The van der Waals surface area contributed by atoms with Gasteiger partial charge in [-0.15, -0.1) is 0 Å². The summed E-state index contributed by atoms with van der Waals surface area (Å²) in [6.07, 6.45) is -0.00261. The summed E-state index contributed by atoms with van der Waals surface area (Å²) < 4.78 is 12.0. The first-order valence-corrected chi connectivity index (χ1v) is 10.7. The maximum absolute atomic E-state index is 12.3. The van der Waals surface area contributed by atoms with Gasteiger partial charge in [0.15, 0.2) is 15.1 Å². The van der Waals surface area contributed by atoms with Crippen LogP contribution in [0.15, 0.2) is 18.2 Å². The maximum Gasteiger partial charge on any atom is 0.265 e. The van der Waals surface area contributed by atoms with Crippen molar-refractivity contribution in [2.45, 2.75) is 52.5 Å². The minimum atomic E-state index is -1.20. The van der Waals surface area contributed by atoms with Gasteiger partial charge in [-0.3, -0.25) is 4.79 Å². The second-order valence-corrected chi connectivity index (χ2v) is 9.82. The van der Waals surface area contributed by atoms with Crippen LogP contribution in [0.25, 0.3) is 0 Å². The standard InChI is InChI=1S/C16H24ClNO3Si/c1-16(2,3)14(21-22(4)5)9-13-15(19)18-11-8-10(17)6-7-12(11)20-13/h6-8,13-14,22H,9H2,1-5H3,(H,18,19). The topological polar surface area (TPSA) is 47.6 Å². The Kier molecular flexibility index (Phi) is 5.20. The van der Waals surface area contributed by atoms with Crippen molar-refractivity contribution in [1.82, 2.24) is 0 Å². The van der Waals surface area contributed by atoms with E-state index in [0.29, 0.717) is 22.9 Å². The third-order valence-corrected chi connectivity index (χ3v) is 4.70. The number of fused-ring (bicyclic) bond motifs is 1. The Morgan fingerprint density at radius 3 is 2.68 bits per heavy atom. The van der Waals surface area contributed by atoms with Gasteiger partial charge >= 0.3 is 0 Å². The van der Waals surface area contributed by atoms with E-state index < -0.39 is 15.1 Å². The molecule has 1 amide bonds. The van der Waals surface area contributed by atoms with Crippen molar-refractivity contribution in [3.05, 3.63) is 23.2 Å². The Labute approximate surface area is 138 Å². The number of amides is 1. The molecule has 0 saturated heterocycles. The molecule has 1 N–H and O–H groups in total. The van der Waals surface area contributed by atoms with E-state index in [0.717, 1.165) is 0 Å². The van der Waals surface area contributed by atoms with Gasteiger partial charge in [0.05, 0.1) is 11.8 Å². The predicted octanol–water partition coefficient (Wildman–Crippen LogP) is 3.84. The second kappa shape index (κ2) is 6.60. The highest BCUT2D eigenvalue weighted by Gasteiger charge is 2.35. The van der Waals surface area contributed by atoms with Crippen molar-refractivity contribution in [3.63, 3.8) is 0 Å². The lowest BCUT2D eigenvalue weighted by Crippen LogP contribution is -2.44. The molecule has 0 bridgehead atoms. The molecule has 2 atom stereocenters. The van der Waals surface area contributed by atoms with Crippen molar-refractivity contribution in [1.29, 1.82) is 0 Å². The quantitative estimate of drug-likeness (QED) is 0.846. The fourth-order valence-corrected chi connectivity index (χ4v) is 3.76. The van der Waals surface area contributed by atoms with E-state index in [2.05, 4.69) is 39.2 Å². The molecule has 0 radical (unpaired) electrons. The van der Waals surface area contributed by atoms with E-state index in [9.17, 15) is 4.79 Å². The van der Waals surface area contributed by atoms with Gasteiger partial charge in [-0.25, -0.2) is 0 Å². The largest absolute Gasteiger partial charge is 0.478 e. The summed E-state index contributed by atoms with van der Waals surface area (Å²) in [6, 6.07) is 5.24. The van der Waals surface area contributed by atoms with Crippen molar-refractivity contribution in [3.8, 4) is 5.75 Å². The van der Waals surface area contributed by atoms with E-state index in [1.807, 2.05) is 0 Å². The lowest BCUT2D eigenvalue weighted by atomic mass is 9.85. The van der Waals surface area contributed by atoms with Crippen molar-refractivity contribution in [2.24, 2.45) is 5.41 Å². The van der Waals surface area contributed by atoms with Gasteiger partial charge in [-0.1, -0.05) is 32.4 Å². The van der Waals surface area contributed by atoms with Crippen LogP contribution in [0, 0.1) is 5.41 Å². The molecule has 1 aliphatic heterocycles. The van der Waals surface area contributed by atoms with Gasteiger partial charge in [-0.05, 0) is 36.7 Å². The van der Waals surface area contributed by atoms with Crippen LogP contribution < -0.4 is 10.1 Å². The predicted molar refractivity (Wildman–Crippen MR) is 92.3 cm³/mol. The normalized spacial score (nSPS) is 19.4. The molecular weight excluding hydrogens is 318 g/mol. The van der Waals surface area contributed by atoms with Gasteiger partial charge in [0, 0.05) is 11.4 Å². The molecular formula is C16H24ClNO3Si. The summed E-state index contributed by atoms with van der Waals surface area (Å²) in [5.41, 5.74) is 0.585. The fraction of sp³-hybridized carbons (Fsp3) is 0.562. The Morgan fingerprint density at radius 2 is 2.09 bits per heavy atom. The maximum atomic E-state index is 12.3. The number of benzene rings is 1. The summed E-state index contributed by atoms with van der Waals surface area (Å²) in [5.74, 6) is 0.515. The van der Waals surface area contributed by atoms with Gasteiger partial charge in [0.25, 0.3) is 5.91 Å². The van der Waals surface area contributed by atoms with Crippen LogP contribution in [-0.4, -0.2) is 27.2 Å². The molecule has 0 saturated carbocycles. The number of rotatable bonds is 4. The summed E-state index contributed by atoms with van der Waals surface area (Å²) in [6.45, 7) is 10.7. The summed E-state index contributed by atoms with van der Waals surface area (Å²) >= 11 is 5.94. The van der Waals surface area contributed by atoms with E-state index in [1.54, 1.807) is 18.2 Å². The summed E-state index contributed by atoms with van der Waals surface area (Å²) in [5, 5.41) is 3.44. The fourth-order valence-electron chi connectivity index (χ4n) is 2.41. The molecule has 1 aromatic carbocycles. The van der Waals surface area contributed by atoms with Crippen LogP contribution in [0.4, 0.5) is 5.69 Å². The minimum Gasteiger partial charge on any atom is -0.478 e. The molecule has 1 aromatic rings. The molecule has 0 spiro atoms. The van der Waals surface area contributed by atoms with Crippen LogP contribution in [0.1, 0.15) is 27.2 Å². The Hall–Kier alpha value is -1.04. The smallest absolute Gasteiger partial charge is 0.265 e. The lowest BCUT2D eigenvalue weighted by molar-refractivity contribution is -0.125. The molecule has 122 valence electrons. The van der Waals surface area contributed by atoms with Crippen LogP contribution in [0.3, 0.4) is 0 Å². The molecule has 4 nitrogen and oxygen atoms in total. The third kappa shape index (κ3) is 4.24. The SMILES string of the molecule is C[SiH](C)OC(CC1Oc2ccc(Cl)cc2NC1=O)C(C)(C)C. The van der Waals surface area contributed by atoms with E-state index in [-0.39, 0.29) is 17.4 Å². The number of halogens is 1. The number of nitrogens with one attached hydrogen (secondary N) is 1. The summed E-state index contributed by atoms with van der Waals surface area (Å²) in [7, 11) is -1.20. The number of ether oxygens (including phenoxy) is 1. The lowest BCUT2D eigenvalue weighted by Gasteiger charge is -2.36. The highest BCUT2D eigenvalue weighted by Crippen LogP contribution is 2.35. The van der Waals surface area contributed by atoms with Gasteiger partial charge < -0.3 is 14.5 Å². The van der Waals surface area contributed by atoms with E-state index in [4.69, 9.17) is 20.8 Å². The molecule has 1 aliphatic rings. The molecule has 0 fully saturated rings. The van der Waals surface area contributed by atoms with Gasteiger partial charge in [0.2, 0.25) is 0 Å². The molecule has 0 aromatic heterocycles. The van der Waals surface area contributed by atoms with Crippen LogP contribution >= 0.6 is 11.6 Å². The number of hydrogen-bond acceptors (Lipinski definition) is 3. The average Bonchev–Trinajstić information content (AvgIpc) is 2.37. The van der Waals surface area contributed by atoms with Crippen LogP contribution in [0.5, 0.6) is 5.75 Å². The Morgan fingerprint density at radius 1 is 1.41 bits per heavy atom. The van der Waals surface area contributed by atoms with E-state index in [1.165, 1.54) is 0 Å². The van der Waals surface area contributed by atoms with Crippen LogP contribution in [-0.2, 0) is 9.22 Å². The second-order valence-electron chi connectivity index (χ2n) is 7.01. The average molecular weight is 342 g/mol. The molecule has 1 heterocycles. The first kappa shape index (κ1) is 17.3. The Balaban J connectivity index is 2.15. The first-order chi connectivity index (χ1) is 10.2. The van der Waals surface area contributed by atoms with Crippen molar-refractivity contribution < 1.29 is 14.0 Å². The zero-order valence-electron chi connectivity index (χ0n) is 13.8. The molecule has 0 aliphatic carbocycles. The zero-order valence-corrected chi connectivity index (χ0v) is 15.7. The highest BCUT2D eigenvalue weighted by atomic mass is 35.5. The number of carbonyl (C=O) groups is 1. The zero-order chi connectivity index (χ0) is 16.5.